The van der Waals surface area contributed by atoms with Crippen LogP contribution in [-0.2, 0) is 12.8 Å². The second-order valence-electron chi connectivity index (χ2n) is 5.50. The van der Waals surface area contributed by atoms with Gasteiger partial charge in [-0.3, -0.25) is 0 Å². The van der Waals surface area contributed by atoms with E-state index in [0.717, 1.165) is 24.8 Å². The van der Waals surface area contributed by atoms with Gasteiger partial charge in [0.05, 0.1) is 0 Å². The van der Waals surface area contributed by atoms with Crippen LogP contribution < -0.4 is 0 Å². The van der Waals surface area contributed by atoms with Gasteiger partial charge in [0.15, 0.2) is 0 Å². The third-order valence-corrected chi connectivity index (χ3v) is 3.97. The summed E-state index contributed by atoms with van der Waals surface area (Å²) in [5, 5.41) is 19.2. The Labute approximate surface area is 96.9 Å². The molecule has 0 amide bonds. The van der Waals surface area contributed by atoms with Gasteiger partial charge in [0.25, 0.3) is 0 Å². The molecular weight excluding hydrogens is 200 g/mol. The molecule has 0 spiro atoms. The fourth-order valence-electron chi connectivity index (χ4n) is 2.58. The predicted molar refractivity (Wildman–Crippen MR) is 64.5 cm³/mol. The summed E-state index contributed by atoms with van der Waals surface area (Å²) in [4.78, 5) is 0. The lowest BCUT2D eigenvalue weighted by Gasteiger charge is -2.36. The third-order valence-electron chi connectivity index (χ3n) is 3.97. The van der Waals surface area contributed by atoms with Crippen LogP contribution in [0.3, 0.4) is 0 Å². The number of aliphatic hydroxyl groups excluding tert-OH is 1. The zero-order chi connectivity index (χ0) is 11.8. The molecule has 0 fully saturated rings. The van der Waals surface area contributed by atoms with Crippen molar-refractivity contribution < 1.29 is 10.2 Å². The fraction of sp³-hybridized carbons (Fsp3) is 0.571. The van der Waals surface area contributed by atoms with Gasteiger partial charge >= 0.3 is 0 Å². The minimum absolute atomic E-state index is 0.0247. The van der Waals surface area contributed by atoms with E-state index in [1.54, 1.807) is 6.07 Å². The van der Waals surface area contributed by atoms with Crippen LogP contribution in [0.4, 0.5) is 0 Å². The Morgan fingerprint density at radius 1 is 1.38 bits per heavy atom. The number of phenolic OH excluding ortho intramolecular Hbond substituents is 1. The van der Waals surface area contributed by atoms with Crippen molar-refractivity contribution in [3.63, 3.8) is 0 Å². The first-order chi connectivity index (χ1) is 7.54. The van der Waals surface area contributed by atoms with Crippen LogP contribution in [0.2, 0.25) is 0 Å². The topological polar surface area (TPSA) is 40.5 Å². The number of hydrogen-bond donors (Lipinski definition) is 2. The number of fused-ring (bicyclic) bond motifs is 1. The van der Waals surface area contributed by atoms with Crippen molar-refractivity contribution in [1.82, 2.24) is 0 Å². The Morgan fingerprint density at radius 3 is 2.81 bits per heavy atom. The van der Waals surface area contributed by atoms with E-state index >= 15 is 0 Å². The van der Waals surface area contributed by atoms with Crippen molar-refractivity contribution in [2.24, 2.45) is 11.3 Å². The van der Waals surface area contributed by atoms with E-state index in [2.05, 4.69) is 19.9 Å². The molecule has 1 aromatic carbocycles. The molecule has 0 aliphatic heterocycles. The second kappa shape index (κ2) is 4.10. The minimum atomic E-state index is -0.0247. The SMILES string of the molecule is CC(C)(CO)C1CCc2c(O)cccc2C1. The van der Waals surface area contributed by atoms with Crippen molar-refractivity contribution in [2.75, 3.05) is 6.61 Å². The van der Waals surface area contributed by atoms with Gasteiger partial charge in [-0.25, -0.2) is 0 Å². The molecule has 0 saturated carbocycles. The molecule has 1 aliphatic carbocycles. The van der Waals surface area contributed by atoms with Crippen LogP contribution in [0.25, 0.3) is 0 Å². The zero-order valence-corrected chi connectivity index (χ0v) is 10.0. The maximum Gasteiger partial charge on any atom is 0.119 e. The molecule has 1 aliphatic rings. The van der Waals surface area contributed by atoms with Crippen molar-refractivity contribution >= 4 is 0 Å². The van der Waals surface area contributed by atoms with Gasteiger partial charge in [-0.15, -0.1) is 0 Å². The fourth-order valence-corrected chi connectivity index (χ4v) is 2.58. The number of aliphatic hydroxyl groups is 1. The molecule has 1 aromatic rings. The lowest BCUT2D eigenvalue weighted by atomic mass is 9.70. The highest BCUT2D eigenvalue weighted by Gasteiger charge is 2.32. The summed E-state index contributed by atoms with van der Waals surface area (Å²) in [6.45, 7) is 4.46. The molecule has 1 atom stereocenters. The third kappa shape index (κ3) is 1.94. The lowest BCUT2D eigenvalue weighted by Crippen LogP contribution is -2.32. The number of phenols is 1. The Hall–Kier alpha value is -1.02. The van der Waals surface area contributed by atoms with Crippen molar-refractivity contribution in [3.05, 3.63) is 29.3 Å². The molecule has 0 aromatic heterocycles. The maximum absolute atomic E-state index is 9.75. The summed E-state index contributed by atoms with van der Waals surface area (Å²) in [5.74, 6) is 0.935. The standard InChI is InChI=1S/C14H20O2/c1-14(2,9-15)11-6-7-12-10(8-11)4-3-5-13(12)16/h3-5,11,15-16H,6-9H2,1-2H3. The number of rotatable bonds is 2. The van der Waals surface area contributed by atoms with E-state index in [1.807, 2.05) is 6.07 Å². The summed E-state index contributed by atoms with van der Waals surface area (Å²) in [6, 6.07) is 5.76. The Balaban J connectivity index is 2.25. The molecule has 2 rings (SSSR count). The van der Waals surface area contributed by atoms with Crippen LogP contribution in [0.1, 0.15) is 31.4 Å². The summed E-state index contributed by atoms with van der Waals surface area (Å²) in [5.41, 5.74) is 2.33. The smallest absolute Gasteiger partial charge is 0.119 e. The van der Waals surface area contributed by atoms with Gasteiger partial charge in [-0.1, -0.05) is 26.0 Å². The lowest BCUT2D eigenvalue weighted by molar-refractivity contribution is 0.0873. The first kappa shape index (κ1) is 11.5. The molecule has 16 heavy (non-hydrogen) atoms. The highest BCUT2D eigenvalue weighted by Crippen LogP contribution is 2.39. The molecule has 2 heteroatoms. The number of benzene rings is 1. The van der Waals surface area contributed by atoms with E-state index in [1.165, 1.54) is 5.56 Å². The highest BCUT2D eigenvalue weighted by atomic mass is 16.3. The van der Waals surface area contributed by atoms with Gasteiger partial charge in [-0.2, -0.15) is 0 Å². The van der Waals surface area contributed by atoms with Crippen LogP contribution in [0.15, 0.2) is 18.2 Å². The van der Waals surface area contributed by atoms with Crippen molar-refractivity contribution in [2.45, 2.75) is 33.1 Å². The van der Waals surface area contributed by atoms with Gasteiger partial charge in [-0.05, 0) is 47.8 Å². The summed E-state index contributed by atoms with van der Waals surface area (Å²) < 4.78 is 0. The first-order valence-corrected chi connectivity index (χ1v) is 5.95. The number of aromatic hydroxyl groups is 1. The monoisotopic (exact) mass is 220 g/mol. The van der Waals surface area contributed by atoms with E-state index in [4.69, 9.17) is 0 Å². The summed E-state index contributed by atoms with van der Waals surface area (Å²) in [6.07, 6.45) is 2.95. The largest absolute Gasteiger partial charge is 0.508 e. The molecule has 88 valence electrons. The van der Waals surface area contributed by atoms with E-state index < -0.39 is 0 Å². The minimum Gasteiger partial charge on any atom is -0.508 e. The maximum atomic E-state index is 9.75. The van der Waals surface area contributed by atoms with Crippen molar-refractivity contribution in [1.29, 1.82) is 0 Å². The van der Waals surface area contributed by atoms with Crippen LogP contribution >= 0.6 is 0 Å². The van der Waals surface area contributed by atoms with E-state index in [0.29, 0.717) is 11.7 Å². The Bertz CT molecular complexity index is 382. The molecule has 0 heterocycles. The molecule has 0 bridgehead atoms. The summed E-state index contributed by atoms with van der Waals surface area (Å²) in [7, 11) is 0. The molecule has 2 N–H and O–H groups in total. The van der Waals surface area contributed by atoms with E-state index in [9.17, 15) is 10.2 Å². The Kier molecular flexibility index (Phi) is 2.94. The molecule has 1 unspecified atom stereocenters. The van der Waals surface area contributed by atoms with Crippen LogP contribution in [0.5, 0.6) is 5.75 Å². The molecule has 0 radical (unpaired) electrons. The van der Waals surface area contributed by atoms with Gasteiger partial charge in [0.1, 0.15) is 5.75 Å². The van der Waals surface area contributed by atoms with Gasteiger partial charge in [0, 0.05) is 6.61 Å². The van der Waals surface area contributed by atoms with E-state index in [-0.39, 0.29) is 12.0 Å². The van der Waals surface area contributed by atoms with Gasteiger partial charge in [0.2, 0.25) is 0 Å². The molecular formula is C14H20O2. The second-order valence-corrected chi connectivity index (χ2v) is 5.50. The highest BCUT2D eigenvalue weighted by molar-refractivity contribution is 5.41. The van der Waals surface area contributed by atoms with Crippen molar-refractivity contribution in [3.8, 4) is 5.75 Å². The summed E-state index contributed by atoms with van der Waals surface area (Å²) >= 11 is 0. The Morgan fingerprint density at radius 2 is 2.12 bits per heavy atom. The molecule has 2 nitrogen and oxygen atoms in total. The number of hydrogen-bond acceptors (Lipinski definition) is 2. The molecule has 0 saturated heterocycles. The van der Waals surface area contributed by atoms with Crippen LogP contribution in [0, 0.1) is 11.3 Å². The first-order valence-electron chi connectivity index (χ1n) is 5.95. The average molecular weight is 220 g/mol. The predicted octanol–water partition coefficient (Wildman–Crippen LogP) is 2.52. The van der Waals surface area contributed by atoms with Gasteiger partial charge < -0.3 is 10.2 Å². The zero-order valence-electron chi connectivity index (χ0n) is 10.0. The van der Waals surface area contributed by atoms with Crippen LogP contribution in [-0.4, -0.2) is 16.8 Å². The average Bonchev–Trinajstić information content (AvgIpc) is 2.29. The quantitative estimate of drug-likeness (QED) is 0.804. The normalized spacial score (nSPS) is 20.6.